The van der Waals surface area contributed by atoms with E-state index in [-0.39, 0.29) is 17.4 Å². The third-order valence-corrected chi connectivity index (χ3v) is 8.39. The third kappa shape index (κ3) is 5.64. The Morgan fingerprint density at radius 2 is 1.66 bits per heavy atom. The number of amides is 1. The molecule has 0 unspecified atom stereocenters. The Morgan fingerprint density at radius 1 is 1.06 bits per heavy atom. The maximum atomic E-state index is 13.1. The van der Waals surface area contributed by atoms with Gasteiger partial charge < -0.3 is 10.2 Å². The van der Waals surface area contributed by atoms with Crippen molar-refractivity contribution < 1.29 is 18.1 Å². The number of nitrogens with one attached hydrogen (secondary N) is 2. The molecule has 1 aliphatic rings. The molecular formula is C23H30Cl2N3O3S+. The molecule has 1 heterocycles. The first-order chi connectivity index (χ1) is 14.9. The van der Waals surface area contributed by atoms with Crippen LogP contribution in [0.1, 0.15) is 33.3 Å². The minimum atomic E-state index is -3.57. The van der Waals surface area contributed by atoms with Gasteiger partial charge in [-0.05, 0) is 48.2 Å². The van der Waals surface area contributed by atoms with Crippen LogP contribution in [0.2, 0.25) is 10.0 Å². The Kier molecular flexibility index (Phi) is 7.57. The van der Waals surface area contributed by atoms with Crippen LogP contribution in [-0.4, -0.2) is 50.9 Å². The van der Waals surface area contributed by atoms with Crippen molar-refractivity contribution in [2.75, 3.05) is 31.5 Å². The summed E-state index contributed by atoms with van der Waals surface area (Å²) in [6.07, 6.45) is 0. The predicted octanol–water partition coefficient (Wildman–Crippen LogP) is 3.21. The number of sulfonamides is 1. The molecule has 3 rings (SSSR count). The molecule has 1 aliphatic heterocycles. The lowest BCUT2D eigenvalue weighted by molar-refractivity contribution is -0.917. The van der Waals surface area contributed by atoms with Gasteiger partial charge in [0.2, 0.25) is 10.0 Å². The van der Waals surface area contributed by atoms with Crippen LogP contribution in [0.4, 0.5) is 5.69 Å². The monoisotopic (exact) mass is 498 g/mol. The van der Waals surface area contributed by atoms with Gasteiger partial charge in [-0.25, -0.2) is 8.42 Å². The van der Waals surface area contributed by atoms with Crippen LogP contribution < -0.4 is 10.2 Å². The van der Waals surface area contributed by atoms with E-state index in [1.54, 1.807) is 30.3 Å². The van der Waals surface area contributed by atoms with Crippen LogP contribution in [0.5, 0.6) is 0 Å². The van der Waals surface area contributed by atoms with Gasteiger partial charge in [-0.2, -0.15) is 4.31 Å². The zero-order valence-corrected chi connectivity index (χ0v) is 21.1. The Balaban J connectivity index is 1.62. The van der Waals surface area contributed by atoms with E-state index < -0.39 is 10.0 Å². The molecule has 0 saturated carbocycles. The number of hydrogen-bond donors (Lipinski definition) is 2. The second-order valence-electron chi connectivity index (χ2n) is 9.17. The van der Waals surface area contributed by atoms with Crippen LogP contribution in [0.15, 0.2) is 47.4 Å². The largest absolute Gasteiger partial charge is 0.323 e. The van der Waals surface area contributed by atoms with Gasteiger partial charge in [-0.3, -0.25) is 4.79 Å². The van der Waals surface area contributed by atoms with E-state index in [0.29, 0.717) is 46.8 Å². The van der Waals surface area contributed by atoms with Crippen molar-refractivity contribution >= 4 is 44.8 Å². The number of piperazine rings is 1. The van der Waals surface area contributed by atoms with Gasteiger partial charge in [0, 0.05) is 5.02 Å². The SMILES string of the molecule is C[C@H](C(=O)Nc1cc(Cl)ccc1Cl)[NH+]1CCN(S(=O)(=O)c2ccc(C(C)(C)C)cc2)CC1. The number of carbonyl (C=O) groups is 1. The lowest BCUT2D eigenvalue weighted by atomic mass is 9.87. The van der Waals surface area contributed by atoms with Crippen LogP contribution in [0.3, 0.4) is 0 Å². The summed E-state index contributed by atoms with van der Waals surface area (Å²) in [5.74, 6) is -0.182. The summed E-state index contributed by atoms with van der Waals surface area (Å²) in [7, 11) is -3.57. The topological polar surface area (TPSA) is 70.9 Å². The van der Waals surface area contributed by atoms with Crippen LogP contribution in [-0.2, 0) is 20.2 Å². The van der Waals surface area contributed by atoms with E-state index in [9.17, 15) is 13.2 Å². The van der Waals surface area contributed by atoms with Crippen molar-refractivity contribution in [3.05, 3.63) is 58.1 Å². The first-order valence-electron chi connectivity index (χ1n) is 10.6. The molecule has 6 nitrogen and oxygen atoms in total. The summed E-state index contributed by atoms with van der Waals surface area (Å²) in [5, 5.41) is 3.73. The van der Waals surface area contributed by atoms with E-state index >= 15 is 0 Å². The second-order valence-corrected chi connectivity index (χ2v) is 12.0. The van der Waals surface area contributed by atoms with Gasteiger partial charge in [-0.1, -0.05) is 56.1 Å². The standard InChI is InChI=1S/C23H29Cl2N3O3S/c1-16(22(29)26-21-15-18(24)7-10-20(21)25)27-11-13-28(14-12-27)32(30,31)19-8-5-17(6-9-19)23(2,3)4/h5-10,15-16H,11-14H2,1-4H3,(H,26,29)/p+1/t16-/m1/s1. The highest BCUT2D eigenvalue weighted by atomic mass is 35.5. The van der Waals surface area contributed by atoms with Gasteiger partial charge in [0.25, 0.3) is 5.91 Å². The van der Waals surface area contributed by atoms with E-state index in [1.807, 2.05) is 19.1 Å². The minimum Gasteiger partial charge on any atom is -0.323 e. The molecule has 1 atom stereocenters. The number of benzene rings is 2. The molecular weight excluding hydrogens is 469 g/mol. The molecule has 174 valence electrons. The Morgan fingerprint density at radius 3 is 2.22 bits per heavy atom. The van der Waals surface area contributed by atoms with Crippen LogP contribution in [0.25, 0.3) is 0 Å². The maximum Gasteiger partial charge on any atom is 0.282 e. The van der Waals surface area contributed by atoms with Gasteiger partial charge in [0.15, 0.2) is 6.04 Å². The van der Waals surface area contributed by atoms with Gasteiger partial charge >= 0.3 is 0 Å². The number of nitrogens with zero attached hydrogens (tertiary/aromatic N) is 1. The fraction of sp³-hybridized carbons (Fsp3) is 0.435. The summed E-state index contributed by atoms with van der Waals surface area (Å²) in [6, 6.07) is 11.7. The van der Waals surface area contributed by atoms with Crippen molar-refractivity contribution in [2.24, 2.45) is 0 Å². The van der Waals surface area contributed by atoms with Crippen molar-refractivity contribution in [3.63, 3.8) is 0 Å². The van der Waals surface area contributed by atoms with Crippen molar-refractivity contribution in [1.82, 2.24) is 4.31 Å². The molecule has 1 fully saturated rings. The Bertz CT molecular complexity index is 1070. The molecule has 0 bridgehead atoms. The normalized spacial score (nSPS) is 17.2. The summed E-state index contributed by atoms with van der Waals surface area (Å²) < 4.78 is 27.7. The molecule has 0 aromatic heterocycles. The predicted molar refractivity (Wildman–Crippen MR) is 129 cm³/mol. The highest BCUT2D eigenvalue weighted by molar-refractivity contribution is 7.89. The number of halogens is 2. The van der Waals surface area contributed by atoms with Crippen LogP contribution in [0, 0.1) is 0 Å². The van der Waals surface area contributed by atoms with E-state index in [2.05, 4.69) is 26.1 Å². The minimum absolute atomic E-state index is 0.0384. The van der Waals surface area contributed by atoms with Gasteiger partial charge in [-0.15, -0.1) is 0 Å². The fourth-order valence-corrected chi connectivity index (χ4v) is 5.52. The summed E-state index contributed by atoms with van der Waals surface area (Å²) in [5.41, 5.74) is 1.52. The first kappa shape index (κ1) is 25.0. The molecule has 9 heteroatoms. The number of anilines is 1. The average Bonchev–Trinajstić information content (AvgIpc) is 2.75. The van der Waals surface area contributed by atoms with E-state index in [0.717, 1.165) is 10.5 Å². The maximum absolute atomic E-state index is 13.1. The smallest absolute Gasteiger partial charge is 0.282 e. The molecule has 1 amide bonds. The molecule has 32 heavy (non-hydrogen) atoms. The van der Waals surface area contributed by atoms with E-state index in [1.165, 1.54) is 4.31 Å². The summed E-state index contributed by atoms with van der Waals surface area (Å²) in [6.45, 7) is 9.90. The molecule has 2 N–H and O–H groups in total. The molecule has 0 radical (unpaired) electrons. The first-order valence-corrected chi connectivity index (χ1v) is 12.8. The summed E-state index contributed by atoms with van der Waals surface area (Å²) in [4.78, 5) is 14.0. The second kappa shape index (κ2) is 9.69. The molecule has 2 aromatic carbocycles. The van der Waals surface area contributed by atoms with Crippen molar-refractivity contribution in [1.29, 1.82) is 0 Å². The Hall–Kier alpha value is -1.64. The number of carbonyl (C=O) groups excluding carboxylic acids is 1. The van der Waals surface area contributed by atoms with Gasteiger partial charge in [0.1, 0.15) is 0 Å². The highest BCUT2D eigenvalue weighted by Crippen LogP contribution is 2.26. The Labute approximate surface area is 200 Å². The average molecular weight is 499 g/mol. The zero-order chi connectivity index (χ0) is 23.7. The quantitative estimate of drug-likeness (QED) is 0.664. The van der Waals surface area contributed by atoms with Crippen molar-refractivity contribution in [2.45, 2.75) is 44.0 Å². The number of quaternary nitrogens is 1. The molecule has 0 aliphatic carbocycles. The van der Waals surface area contributed by atoms with Crippen LogP contribution >= 0.6 is 23.2 Å². The van der Waals surface area contributed by atoms with E-state index in [4.69, 9.17) is 23.2 Å². The molecule has 1 saturated heterocycles. The number of hydrogen-bond acceptors (Lipinski definition) is 3. The molecule has 2 aromatic rings. The lowest BCUT2D eigenvalue weighted by Gasteiger charge is -2.34. The zero-order valence-electron chi connectivity index (χ0n) is 18.8. The third-order valence-electron chi connectivity index (χ3n) is 5.91. The fourth-order valence-electron chi connectivity index (χ4n) is 3.74. The molecule has 0 spiro atoms. The lowest BCUT2D eigenvalue weighted by Crippen LogP contribution is -3.19. The van der Waals surface area contributed by atoms with Gasteiger partial charge in [0.05, 0.1) is 41.8 Å². The highest BCUT2D eigenvalue weighted by Gasteiger charge is 2.34. The van der Waals surface area contributed by atoms with Crippen molar-refractivity contribution in [3.8, 4) is 0 Å². The number of rotatable bonds is 5. The summed E-state index contributed by atoms with van der Waals surface area (Å²) >= 11 is 12.1.